The van der Waals surface area contributed by atoms with Crippen LogP contribution in [0.3, 0.4) is 0 Å². The van der Waals surface area contributed by atoms with E-state index in [1.54, 1.807) is 52.7 Å². The normalized spacial score (nSPS) is 38.0. The molecule has 22 unspecified atom stereocenters. The second-order valence-electron chi connectivity index (χ2n) is 47.8. The van der Waals surface area contributed by atoms with E-state index in [4.69, 9.17) is 64.8 Å². The molecule has 127 heavy (non-hydrogen) atoms. The van der Waals surface area contributed by atoms with Crippen molar-refractivity contribution in [1.29, 1.82) is 10.5 Å². The Labute approximate surface area is 792 Å². The third kappa shape index (κ3) is 32.5. The number of nitriles is 2. The van der Waals surface area contributed by atoms with Crippen molar-refractivity contribution in [3.63, 3.8) is 0 Å². The van der Waals surface area contributed by atoms with Crippen LogP contribution in [0.5, 0.6) is 0 Å². The molecule has 20 rings (SSSR count). The van der Waals surface area contributed by atoms with Crippen molar-refractivity contribution in [2.45, 2.75) is 547 Å². The van der Waals surface area contributed by atoms with Crippen LogP contribution in [0.4, 0.5) is 0 Å². The summed E-state index contributed by atoms with van der Waals surface area (Å²) >= 11 is 5.49. The smallest absolute Gasteiger partial charge is 0.0714 e. The molecule has 0 aromatic rings. The van der Waals surface area contributed by atoms with Gasteiger partial charge in [0.2, 0.25) is 0 Å². The molecule has 11 nitrogen and oxygen atoms in total. The summed E-state index contributed by atoms with van der Waals surface area (Å²) < 4.78 is 52.4. The Morgan fingerprint density at radius 1 is 0.370 bits per heavy atom. The standard InChI is InChI=1S/C17H30O.C16H26O.2C15H26O.C14H24O.C10H20O.C6H10ClN.C6H11N.C6H14O.2C5H12O/c1-5-12(2)18-16(3,4)17-9-13-6-14(10-17)8-15(7-13)11-17;1-3-9(2)17-14-8-12-7-13(14)16-11-5-4-10(6-11)15(12)16;1-4-10(2)16-15(3)13-6-11-5-12(8-13)9-14(15)7-11;1-3-11(2)16-10-15-7-12-4-13(8-15)6-14(5-12)9-15;1-3-9(2)15-14-8-10-7-13(14)12-6-4-5-11(10)12;1-3-9(2)11-10-7-5-4-6-8-10;1-3-6(2,4-7)5-8;1-4-6(2,3)5-7;1-4-6(3)7-5-2;2*1-4-5(2)6-3/h12-15H,5-11H2,1-4H3;9-16H,3-8H2,1-2H3;10-14H,4-9H2,1-3H3;11-14H,3-10H2,1-2H3;9-14H,3-8H2,1-2H3;9-10H,3-8H2,1-2H3;3-4H2,1-2H3;4H2,1-3H3;6H,4-5H2,1-3H3;2*5H,4H2,1-3H3. The maximum Gasteiger partial charge on any atom is 0.0714 e. The van der Waals surface area contributed by atoms with E-state index in [1.807, 2.05) is 41.5 Å². The zero-order valence-electron chi connectivity index (χ0n) is 88.9. The number of halogens is 1. The van der Waals surface area contributed by atoms with E-state index in [1.165, 1.54) is 180 Å². The third-order valence-electron chi connectivity index (χ3n) is 37.7. The number of fused-ring (bicyclic) bond motifs is 14. The lowest BCUT2D eigenvalue weighted by molar-refractivity contribution is -0.213. The summed E-state index contributed by atoms with van der Waals surface area (Å²) in [6.07, 6.45) is 65.1. The van der Waals surface area contributed by atoms with Gasteiger partial charge in [0.05, 0.1) is 114 Å². The van der Waals surface area contributed by atoms with Gasteiger partial charge < -0.3 is 42.6 Å². The molecular weight excluding hydrogens is 1590 g/mol. The van der Waals surface area contributed by atoms with Gasteiger partial charge in [0.15, 0.2) is 0 Å². The molecule has 12 heteroatoms. The zero-order chi connectivity index (χ0) is 93.8. The molecule has 20 aliphatic carbocycles. The van der Waals surface area contributed by atoms with Gasteiger partial charge in [-0.1, -0.05) is 102 Å². The number of hydrogen-bond acceptors (Lipinski definition) is 11. The van der Waals surface area contributed by atoms with Crippen LogP contribution in [0, 0.1) is 163 Å². The predicted octanol–water partition coefficient (Wildman–Crippen LogP) is 32.3. The van der Waals surface area contributed by atoms with Crippen LogP contribution in [0.1, 0.15) is 463 Å². The minimum atomic E-state index is -0.304. The van der Waals surface area contributed by atoms with Crippen LogP contribution in [-0.2, 0) is 42.6 Å². The minimum Gasteiger partial charge on any atom is -0.382 e. The van der Waals surface area contributed by atoms with Gasteiger partial charge in [-0.15, -0.1) is 11.6 Å². The van der Waals surface area contributed by atoms with E-state index in [2.05, 4.69) is 158 Å². The van der Waals surface area contributed by atoms with E-state index in [0.717, 1.165) is 189 Å². The maximum absolute atomic E-state index is 8.45. The van der Waals surface area contributed by atoms with Crippen LogP contribution in [0.15, 0.2) is 0 Å². The quantitative estimate of drug-likeness (QED) is 0.0503. The molecule has 0 aliphatic heterocycles. The Morgan fingerprint density at radius 2 is 0.787 bits per heavy atom. The van der Waals surface area contributed by atoms with Gasteiger partial charge in [0, 0.05) is 26.7 Å². The monoisotopic (exact) mass is 1800 g/mol. The van der Waals surface area contributed by atoms with E-state index >= 15 is 0 Å². The molecule has 20 fully saturated rings. The van der Waals surface area contributed by atoms with Gasteiger partial charge in [0.25, 0.3) is 0 Å². The van der Waals surface area contributed by atoms with Crippen molar-refractivity contribution in [2.24, 2.45) is 140 Å². The topological polar surface area (TPSA) is 131 Å². The average Bonchev–Trinajstić information content (AvgIpc) is 1.51. The summed E-state index contributed by atoms with van der Waals surface area (Å²) in [4.78, 5) is 0. The molecule has 0 N–H and O–H groups in total. The molecule has 0 aromatic heterocycles. The number of hydrogen-bond donors (Lipinski definition) is 0. The first-order valence-electron chi connectivity index (χ1n) is 55.4. The lowest BCUT2D eigenvalue weighted by atomic mass is 9.46. The molecule has 0 saturated heterocycles. The van der Waals surface area contributed by atoms with E-state index in [-0.39, 0.29) is 22.0 Å². The third-order valence-corrected chi connectivity index (χ3v) is 38.2. The summed E-state index contributed by atoms with van der Waals surface area (Å²) in [5, 5.41) is 16.8. The van der Waals surface area contributed by atoms with Crippen molar-refractivity contribution >= 4 is 11.6 Å². The Morgan fingerprint density at radius 3 is 1.18 bits per heavy atom. The summed E-state index contributed by atoms with van der Waals surface area (Å²) in [7, 11) is 3.46. The Hall–Kier alpha value is -1.09. The van der Waals surface area contributed by atoms with Crippen molar-refractivity contribution in [3.05, 3.63) is 0 Å². The summed E-state index contributed by atoms with van der Waals surface area (Å²) in [6.45, 7) is 60.1. The molecule has 20 aliphatic rings. The molecule has 0 heterocycles. The van der Waals surface area contributed by atoms with Crippen LogP contribution < -0.4 is 0 Å². The van der Waals surface area contributed by atoms with Crippen LogP contribution in [-0.4, -0.2) is 118 Å². The van der Waals surface area contributed by atoms with Crippen molar-refractivity contribution in [3.8, 4) is 12.1 Å². The van der Waals surface area contributed by atoms with E-state index < -0.39 is 0 Å². The fourth-order valence-electron chi connectivity index (χ4n) is 28.5. The first-order valence-corrected chi connectivity index (χ1v) is 55.9. The highest BCUT2D eigenvalue weighted by molar-refractivity contribution is 6.18. The second-order valence-corrected chi connectivity index (χ2v) is 48.1. The Balaban J connectivity index is 0.000000196. The zero-order valence-corrected chi connectivity index (χ0v) is 89.7. The number of alkyl halides is 1. The molecule has 18 bridgehead atoms. The molecule has 20 saturated carbocycles. The van der Waals surface area contributed by atoms with Gasteiger partial charge in [-0.3, -0.25) is 0 Å². The van der Waals surface area contributed by atoms with Gasteiger partial charge in [-0.05, 0) is 490 Å². The molecule has 22 atom stereocenters. The van der Waals surface area contributed by atoms with E-state index in [0.29, 0.717) is 90.0 Å². The summed E-state index contributed by atoms with van der Waals surface area (Å²) in [6, 6.07) is 4.34. The maximum atomic E-state index is 8.45. The van der Waals surface area contributed by atoms with Crippen molar-refractivity contribution < 1.29 is 42.6 Å². The van der Waals surface area contributed by atoms with Crippen LogP contribution in [0.25, 0.3) is 0 Å². The van der Waals surface area contributed by atoms with Crippen LogP contribution >= 0.6 is 11.6 Å². The highest BCUT2D eigenvalue weighted by Gasteiger charge is 2.64. The fourth-order valence-corrected chi connectivity index (χ4v) is 28.8. The van der Waals surface area contributed by atoms with Crippen molar-refractivity contribution in [1.82, 2.24) is 0 Å². The SMILES string of the molecule is CCC(C)(C#N)CCl.CCC(C)(C)C#N.CCC(C)OC.CCC(C)OC.CCC(C)OC(C)(C)C12CC3CC(CC(C3)C1)C2.CCC(C)OC1(C)C2CC3CC(C2)CC1C3.CCC(C)OC1CC2CC1C1C3CCC(C3)C21.CCC(C)OC1CC2CC1C1CCCC21.CCC(C)OC1CCCCC1.CCC(C)OCC12CC3CC(CC(C3)C1)C2.CCOC(C)CC. The number of ether oxygens (including phenoxy) is 9. The fraction of sp³-hybridized carbons (Fsp3) is 0.983. The lowest BCUT2D eigenvalue weighted by Crippen LogP contribution is -2.58. The van der Waals surface area contributed by atoms with Gasteiger partial charge in [0.1, 0.15) is 0 Å². The van der Waals surface area contributed by atoms with E-state index in [9.17, 15) is 0 Å². The number of nitrogens with zero attached hydrogens (tertiary/aromatic N) is 2. The molecule has 0 aromatic carbocycles. The minimum absolute atomic E-state index is 0.0818. The molecular formula is C115H211ClN2O9. The lowest BCUT2D eigenvalue weighted by Gasteiger charge is -2.62. The summed E-state index contributed by atoms with van der Waals surface area (Å²) in [5.74, 6) is 21.1. The van der Waals surface area contributed by atoms with Gasteiger partial charge >= 0.3 is 0 Å². The van der Waals surface area contributed by atoms with Gasteiger partial charge in [-0.25, -0.2) is 0 Å². The Kier molecular flexibility index (Phi) is 48.3. The highest BCUT2D eigenvalue weighted by atomic mass is 35.5. The Bertz CT molecular complexity index is 2940. The molecule has 742 valence electrons. The number of rotatable bonds is 30. The number of methoxy groups -OCH3 is 2. The summed E-state index contributed by atoms with van der Waals surface area (Å²) in [5.41, 5.74) is 1.01. The van der Waals surface area contributed by atoms with Crippen LogP contribution in [0.2, 0.25) is 0 Å². The van der Waals surface area contributed by atoms with Gasteiger partial charge in [-0.2, -0.15) is 10.5 Å². The largest absolute Gasteiger partial charge is 0.382 e. The predicted molar refractivity (Wildman–Crippen MR) is 535 cm³/mol. The molecule has 0 amide bonds. The highest BCUT2D eigenvalue weighted by Crippen LogP contribution is 2.69. The molecule has 0 spiro atoms. The second kappa shape index (κ2) is 54.3. The van der Waals surface area contributed by atoms with Crippen molar-refractivity contribution in [2.75, 3.05) is 33.3 Å². The average molecular weight is 1800 g/mol. The molecule has 0 radical (unpaired) electrons. The first-order chi connectivity index (χ1) is 60.4. The first kappa shape index (κ1) is 113.